The fraction of sp³-hybridized carbons (Fsp3) is 0.214. The maximum atomic E-state index is 6.04. The third-order valence-electron chi connectivity index (χ3n) is 2.70. The lowest BCUT2D eigenvalue weighted by Crippen LogP contribution is -2.04. The van der Waals surface area contributed by atoms with Gasteiger partial charge in [-0.15, -0.1) is 6.42 Å². The lowest BCUT2D eigenvalue weighted by Gasteiger charge is -2.05. The smallest absolute Gasteiger partial charge is 0.142 e. The van der Waals surface area contributed by atoms with E-state index in [0.717, 1.165) is 23.5 Å². The molecule has 0 unspecified atom stereocenters. The number of nitrogens with two attached hydrogens (primary N) is 1. The average molecular weight is 225 g/mol. The van der Waals surface area contributed by atoms with Crippen molar-refractivity contribution in [1.29, 1.82) is 0 Å². The highest BCUT2D eigenvalue weighted by atomic mass is 15.1. The van der Waals surface area contributed by atoms with Gasteiger partial charge in [-0.05, 0) is 6.42 Å². The Hall–Kier alpha value is -2.21. The summed E-state index contributed by atoms with van der Waals surface area (Å²) < 4.78 is 1.88. The van der Waals surface area contributed by atoms with Crippen molar-refractivity contribution < 1.29 is 0 Å². The van der Waals surface area contributed by atoms with Crippen molar-refractivity contribution in [3.05, 3.63) is 36.0 Å². The normalized spacial score (nSPS) is 10.1. The van der Waals surface area contributed by atoms with Crippen LogP contribution in [0.15, 0.2) is 30.3 Å². The molecule has 1 heterocycles. The molecule has 1 aromatic carbocycles. The van der Waals surface area contributed by atoms with Gasteiger partial charge in [0.25, 0.3) is 0 Å². The quantitative estimate of drug-likeness (QED) is 0.815. The monoisotopic (exact) mass is 225 g/mol. The van der Waals surface area contributed by atoms with Crippen LogP contribution in [0.2, 0.25) is 0 Å². The maximum absolute atomic E-state index is 6.04. The number of nitrogen functional groups attached to an aromatic ring is 1. The van der Waals surface area contributed by atoms with E-state index < -0.39 is 0 Å². The summed E-state index contributed by atoms with van der Waals surface area (Å²) in [5.74, 6) is 4.13. The molecule has 1 aromatic heterocycles. The van der Waals surface area contributed by atoms with E-state index in [0.29, 0.717) is 12.4 Å². The van der Waals surface area contributed by atoms with Crippen LogP contribution < -0.4 is 5.73 Å². The third-order valence-corrected chi connectivity index (χ3v) is 2.70. The van der Waals surface area contributed by atoms with E-state index in [1.54, 1.807) is 0 Å². The number of imidazole rings is 1. The lowest BCUT2D eigenvalue weighted by molar-refractivity contribution is 0.861. The molecule has 2 rings (SSSR count). The minimum Gasteiger partial charge on any atom is -0.384 e. The number of terminal acetylenes is 1. The first-order valence-corrected chi connectivity index (χ1v) is 5.61. The molecule has 0 atom stereocenters. The van der Waals surface area contributed by atoms with Gasteiger partial charge in [-0.3, -0.25) is 4.57 Å². The number of anilines is 1. The van der Waals surface area contributed by atoms with E-state index in [4.69, 9.17) is 12.2 Å². The van der Waals surface area contributed by atoms with Gasteiger partial charge in [0.05, 0.1) is 12.2 Å². The van der Waals surface area contributed by atoms with Crippen LogP contribution in [0.3, 0.4) is 0 Å². The Bertz CT molecular complexity index is 547. The van der Waals surface area contributed by atoms with Crippen molar-refractivity contribution in [1.82, 2.24) is 9.55 Å². The van der Waals surface area contributed by atoms with Crippen LogP contribution in [-0.2, 0) is 13.0 Å². The Kier molecular flexibility index (Phi) is 3.15. The molecule has 2 N–H and O–H groups in total. The van der Waals surface area contributed by atoms with E-state index in [9.17, 15) is 0 Å². The average Bonchev–Trinajstić information content (AvgIpc) is 2.69. The molecule has 0 aliphatic carbocycles. The molecule has 0 fully saturated rings. The second-order valence-electron chi connectivity index (χ2n) is 3.78. The van der Waals surface area contributed by atoms with Gasteiger partial charge < -0.3 is 5.73 Å². The molecule has 0 bridgehead atoms. The van der Waals surface area contributed by atoms with Crippen LogP contribution in [0.1, 0.15) is 12.6 Å². The summed E-state index contributed by atoms with van der Waals surface area (Å²) in [5.41, 5.74) is 7.98. The van der Waals surface area contributed by atoms with E-state index in [2.05, 4.69) is 10.9 Å². The number of aromatic nitrogens is 2. The van der Waals surface area contributed by atoms with Gasteiger partial charge in [0, 0.05) is 5.56 Å². The number of rotatable bonds is 3. The Labute approximate surface area is 101 Å². The number of hydrogen-bond acceptors (Lipinski definition) is 2. The van der Waals surface area contributed by atoms with Crippen molar-refractivity contribution in [2.45, 2.75) is 19.9 Å². The Morgan fingerprint density at radius 1 is 1.35 bits per heavy atom. The maximum Gasteiger partial charge on any atom is 0.142 e. The molecule has 17 heavy (non-hydrogen) atoms. The molecule has 86 valence electrons. The Balaban J connectivity index is 2.57. The van der Waals surface area contributed by atoms with E-state index in [-0.39, 0.29) is 0 Å². The topological polar surface area (TPSA) is 43.8 Å². The zero-order valence-corrected chi connectivity index (χ0v) is 9.85. The number of nitrogens with zero attached hydrogens (tertiary/aromatic N) is 2. The minimum atomic E-state index is 0.447. The lowest BCUT2D eigenvalue weighted by atomic mass is 10.2. The SMILES string of the molecule is C#CCn1c(-c2ccccc2)nc(CC)c1N. The van der Waals surface area contributed by atoms with Crippen LogP contribution in [-0.4, -0.2) is 9.55 Å². The van der Waals surface area contributed by atoms with Gasteiger partial charge in [0.1, 0.15) is 11.6 Å². The van der Waals surface area contributed by atoms with Gasteiger partial charge in [-0.1, -0.05) is 43.2 Å². The van der Waals surface area contributed by atoms with E-state index in [1.807, 2.05) is 41.8 Å². The standard InChI is InChI=1S/C14H15N3/c1-3-10-17-13(15)12(4-2)16-14(17)11-8-6-5-7-9-11/h1,5-9H,4,10,15H2,2H3. The van der Waals surface area contributed by atoms with Crippen molar-refractivity contribution in [3.63, 3.8) is 0 Å². The fourth-order valence-electron chi connectivity index (χ4n) is 1.83. The molecule has 0 saturated heterocycles. The van der Waals surface area contributed by atoms with Gasteiger partial charge in [-0.25, -0.2) is 4.98 Å². The first-order valence-electron chi connectivity index (χ1n) is 5.61. The molecule has 0 spiro atoms. The molecule has 0 aliphatic heterocycles. The number of benzene rings is 1. The number of aryl methyl sites for hydroxylation is 1. The fourth-order valence-corrected chi connectivity index (χ4v) is 1.83. The highest BCUT2D eigenvalue weighted by Crippen LogP contribution is 2.24. The van der Waals surface area contributed by atoms with Crippen LogP contribution in [0, 0.1) is 12.3 Å². The predicted molar refractivity (Wildman–Crippen MR) is 70.3 cm³/mol. The highest BCUT2D eigenvalue weighted by molar-refractivity contribution is 5.60. The van der Waals surface area contributed by atoms with Gasteiger partial charge in [0.2, 0.25) is 0 Å². The summed E-state index contributed by atoms with van der Waals surface area (Å²) >= 11 is 0. The van der Waals surface area contributed by atoms with Crippen LogP contribution >= 0.6 is 0 Å². The first-order chi connectivity index (χ1) is 8.27. The molecule has 0 radical (unpaired) electrons. The van der Waals surface area contributed by atoms with Crippen molar-refractivity contribution >= 4 is 5.82 Å². The summed E-state index contributed by atoms with van der Waals surface area (Å²) in [6.45, 7) is 2.48. The largest absolute Gasteiger partial charge is 0.384 e. The molecular formula is C14H15N3. The molecule has 2 aromatic rings. The minimum absolute atomic E-state index is 0.447. The van der Waals surface area contributed by atoms with Gasteiger partial charge in [0.15, 0.2) is 0 Å². The predicted octanol–water partition coefficient (Wildman–Crippen LogP) is 2.33. The molecule has 0 saturated carbocycles. The van der Waals surface area contributed by atoms with Gasteiger partial charge in [-0.2, -0.15) is 0 Å². The summed E-state index contributed by atoms with van der Waals surface area (Å²) in [5, 5.41) is 0. The van der Waals surface area contributed by atoms with Crippen LogP contribution in [0.4, 0.5) is 5.82 Å². The van der Waals surface area contributed by atoms with Gasteiger partial charge >= 0.3 is 0 Å². The summed E-state index contributed by atoms with van der Waals surface area (Å²) in [4.78, 5) is 4.56. The molecule has 0 amide bonds. The summed E-state index contributed by atoms with van der Waals surface area (Å²) in [6.07, 6.45) is 6.18. The summed E-state index contributed by atoms with van der Waals surface area (Å²) in [6, 6.07) is 9.95. The van der Waals surface area contributed by atoms with E-state index >= 15 is 0 Å². The van der Waals surface area contributed by atoms with Crippen molar-refractivity contribution in [2.75, 3.05) is 5.73 Å². The first kappa shape index (κ1) is 11.3. The second-order valence-corrected chi connectivity index (χ2v) is 3.78. The Morgan fingerprint density at radius 3 is 2.65 bits per heavy atom. The van der Waals surface area contributed by atoms with Crippen molar-refractivity contribution in [2.24, 2.45) is 0 Å². The molecule has 0 aliphatic rings. The van der Waals surface area contributed by atoms with Crippen LogP contribution in [0.5, 0.6) is 0 Å². The molecule has 3 heteroatoms. The third kappa shape index (κ3) is 2.02. The molecular weight excluding hydrogens is 210 g/mol. The second kappa shape index (κ2) is 4.75. The van der Waals surface area contributed by atoms with E-state index in [1.165, 1.54) is 0 Å². The summed E-state index contributed by atoms with van der Waals surface area (Å²) in [7, 11) is 0. The van der Waals surface area contributed by atoms with Crippen LogP contribution in [0.25, 0.3) is 11.4 Å². The van der Waals surface area contributed by atoms with Crippen molar-refractivity contribution in [3.8, 4) is 23.7 Å². The zero-order chi connectivity index (χ0) is 12.3. The Morgan fingerprint density at radius 2 is 2.06 bits per heavy atom. The zero-order valence-electron chi connectivity index (χ0n) is 9.85. The molecule has 3 nitrogen and oxygen atoms in total. The number of hydrogen-bond donors (Lipinski definition) is 1. The highest BCUT2D eigenvalue weighted by Gasteiger charge is 2.13.